The number of carbonyl (C=O) groups is 3. The average molecular weight is 243 g/mol. The van der Waals surface area contributed by atoms with Crippen molar-refractivity contribution in [3.8, 4) is 0 Å². The van der Waals surface area contributed by atoms with E-state index in [1.54, 1.807) is 0 Å². The third-order valence-corrected chi connectivity index (χ3v) is 2.88. The smallest absolute Gasteiger partial charge is 0.396 e. The van der Waals surface area contributed by atoms with Crippen molar-refractivity contribution in [2.24, 2.45) is 0 Å². The Bertz CT molecular complexity index is 315. The molecule has 0 radical (unpaired) electrons. The molecule has 1 saturated heterocycles. The fourth-order valence-electron chi connectivity index (χ4n) is 1.96. The molecule has 1 aliphatic heterocycles. The first kappa shape index (κ1) is 13.5. The Kier molecular flexibility index (Phi) is 4.93. The lowest BCUT2D eigenvalue weighted by molar-refractivity contribution is -0.161. The van der Waals surface area contributed by atoms with Crippen LogP contribution < -0.4 is 0 Å². The second-order valence-corrected chi connectivity index (χ2v) is 3.92. The summed E-state index contributed by atoms with van der Waals surface area (Å²) in [5.41, 5.74) is 0. The van der Waals surface area contributed by atoms with E-state index in [1.165, 1.54) is 19.1 Å². The number of hydrogen-bond acceptors (Lipinski definition) is 5. The molecule has 1 heterocycles. The summed E-state index contributed by atoms with van der Waals surface area (Å²) in [6.45, 7) is 0.482. The molecule has 17 heavy (non-hydrogen) atoms. The number of piperidine rings is 1. The number of carbonyl (C=O) groups excluding carboxylic acids is 3. The highest BCUT2D eigenvalue weighted by molar-refractivity contribution is 6.32. The predicted molar refractivity (Wildman–Crippen MR) is 58.0 cm³/mol. The van der Waals surface area contributed by atoms with Crippen molar-refractivity contribution in [3.63, 3.8) is 0 Å². The zero-order valence-electron chi connectivity index (χ0n) is 10.1. The van der Waals surface area contributed by atoms with Gasteiger partial charge >= 0.3 is 17.8 Å². The van der Waals surface area contributed by atoms with E-state index in [0.29, 0.717) is 13.0 Å². The van der Waals surface area contributed by atoms with Gasteiger partial charge in [-0.25, -0.2) is 4.79 Å². The minimum atomic E-state index is -0.887. The van der Waals surface area contributed by atoms with Gasteiger partial charge in [0.25, 0.3) is 0 Å². The van der Waals surface area contributed by atoms with Gasteiger partial charge in [-0.1, -0.05) is 0 Å². The molecule has 0 N–H and O–H groups in total. The average Bonchev–Trinajstić information content (AvgIpc) is 2.37. The molecule has 0 aromatic rings. The number of nitrogens with zero attached hydrogens (tertiary/aromatic N) is 1. The molecule has 1 unspecified atom stereocenters. The number of rotatable bonds is 2. The van der Waals surface area contributed by atoms with Gasteiger partial charge in [0, 0.05) is 12.6 Å². The maximum Gasteiger partial charge on any atom is 0.396 e. The van der Waals surface area contributed by atoms with Crippen LogP contribution in [-0.4, -0.2) is 49.6 Å². The fraction of sp³-hybridized carbons (Fsp3) is 0.727. The van der Waals surface area contributed by atoms with E-state index in [0.717, 1.165) is 12.8 Å². The third kappa shape index (κ3) is 3.44. The molecule has 0 spiro atoms. The van der Waals surface area contributed by atoms with Crippen LogP contribution in [0.3, 0.4) is 0 Å². The summed E-state index contributed by atoms with van der Waals surface area (Å²) in [7, 11) is 2.47. The van der Waals surface area contributed by atoms with Gasteiger partial charge in [0.05, 0.1) is 20.6 Å². The number of methoxy groups -OCH3 is 2. The van der Waals surface area contributed by atoms with E-state index in [2.05, 4.69) is 9.47 Å². The minimum Gasteiger partial charge on any atom is -0.469 e. The highest BCUT2D eigenvalue weighted by Gasteiger charge is 2.32. The van der Waals surface area contributed by atoms with Gasteiger partial charge < -0.3 is 14.4 Å². The van der Waals surface area contributed by atoms with Crippen molar-refractivity contribution in [2.75, 3.05) is 20.8 Å². The van der Waals surface area contributed by atoms with Crippen LogP contribution in [0.2, 0.25) is 0 Å². The van der Waals surface area contributed by atoms with Crippen LogP contribution in [0.5, 0.6) is 0 Å². The monoisotopic (exact) mass is 243 g/mol. The fourth-order valence-corrected chi connectivity index (χ4v) is 1.96. The van der Waals surface area contributed by atoms with Gasteiger partial charge in [-0.2, -0.15) is 0 Å². The molecule has 96 valence electrons. The number of likely N-dealkylation sites (tertiary alicyclic amines) is 1. The first-order chi connectivity index (χ1) is 8.10. The second kappa shape index (κ2) is 6.22. The highest BCUT2D eigenvalue weighted by atomic mass is 16.5. The summed E-state index contributed by atoms with van der Waals surface area (Å²) in [6.07, 6.45) is 2.60. The van der Waals surface area contributed by atoms with Gasteiger partial charge in [0.15, 0.2) is 0 Å². The first-order valence-corrected chi connectivity index (χ1v) is 5.56. The standard InChI is InChI=1S/C11H17NO5/c1-16-9(13)7-8-5-3-4-6-12(8)10(14)11(15)17-2/h8H,3-7H2,1-2H3. The Labute approximate surface area is 99.9 Å². The number of ether oxygens (including phenoxy) is 2. The van der Waals surface area contributed by atoms with Crippen LogP contribution in [0.1, 0.15) is 25.7 Å². The molecule has 6 nitrogen and oxygen atoms in total. The number of hydrogen-bond donors (Lipinski definition) is 0. The summed E-state index contributed by atoms with van der Waals surface area (Å²) in [4.78, 5) is 35.5. The number of amides is 1. The first-order valence-electron chi connectivity index (χ1n) is 5.56. The SMILES string of the molecule is COC(=O)CC1CCCCN1C(=O)C(=O)OC. The Morgan fingerprint density at radius 3 is 2.47 bits per heavy atom. The lowest BCUT2D eigenvalue weighted by atomic mass is 9.99. The maximum absolute atomic E-state index is 11.7. The van der Waals surface area contributed by atoms with E-state index >= 15 is 0 Å². The van der Waals surface area contributed by atoms with Crippen molar-refractivity contribution < 1.29 is 23.9 Å². The van der Waals surface area contributed by atoms with E-state index in [4.69, 9.17) is 0 Å². The zero-order chi connectivity index (χ0) is 12.8. The summed E-state index contributed by atoms with van der Waals surface area (Å²) >= 11 is 0. The molecular weight excluding hydrogens is 226 g/mol. The molecular formula is C11H17NO5. The van der Waals surface area contributed by atoms with Gasteiger partial charge in [-0.3, -0.25) is 9.59 Å². The molecule has 1 atom stereocenters. The minimum absolute atomic E-state index is 0.124. The Balaban J connectivity index is 2.68. The van der Waals surface area contributed by atoms with Gasteiger partial charge in [-0.05, 0) is 19.3 Å². The normalized spacial score (nSPS) is 19.6. The molecule has 6 heteroatoms. The molecule has 0 aliphatic carbocycles. The molecule has 0 aromatic heterocycles. The van der Waals surface area contributed by atoms with Crippen molar-refractivity contribution >= 4 is 17.8 Å². The molecule has 1 aliphatic rings. The summed E-state index contributed by atoms with van der Waals surface area (Å²) < 4.78 is 8.97. The maximum atomic E-state index is 11.7. The topological polar surface area (TPSA) is 72.9 Å². The highest BCUT2D eigenvalue weighted by Crippen LogP contribution is 2.20. The lowest BCUT2D eigenvalue weighted by Crippen LogP contribution is -2.48. The van der Waals surface area contributed by atoms with E-state index < -0.39 is 11.9 Å². The molecule has 0 bridgehead atoms. The molecule has 0 saturated carbocycles. The summed E-state index contributed by atoms with van der Waals surface area (Å²) in [6, 6.07) is -0.261. The Morgan fingerprint density at radius 2 is 1.88 bits per heavy atom. The van der Waals surface area contributed by atoms with E-state index in [9.17, 15) is 14.4 Å². The summed E-state index contributed by atoms with van der Waals surface area (Å²) in [5, 5.41) is 0. The van der Waals surface area contributed by atoms with Crippen molar-refractivity contribution in [2.45, 2.75) is 31.7 Å². The lowest BCUT2D eigenvalue weighted by Gasteiger charge is -2.34. The van der Waals surface area contributed by atoms with Crippen LogP contribution >= 0.6 is 0 Å². The summed E-state index contributed by atoms with van der Waals surface area (Å²) in [5.74, 6) is -1.94. The second-order valence-electron chi connectivity index (χ2n) is 3.92. The van der Waals surface area contributed by atoms with Crippen LogP contribution in [0.15, 0.2) is 0 Å². The van der Waals surface area contributed by atoms with Crippen molar-refractivity contribution in [3.05, 3.63) is 0 Å². The Morgan fingerprint density at radius 1 is 1.18 bits per heavy atom. The third-order valence-electron chi connectivity index (χ3n) is 2.88. The number of esters is 2. The van der Waals surface area contributed by atoms with Crippen LogP contribution in [0, 0.1) is 0 Å². The largest absolute Gasteiger partial charge is 0.469 e. The van der Waals surface area contributed by atoms with Crippen LogP contribution in [-0.2, 0) is 23.9 Å². The van der Waals surface area contributed by atoms with E-state index in [-0.39, 0.29) is 18.4 Å². The van der Waals surface area contributed by atoms with Crippen LogP contribution in [0.4, 0.5) is 0 Å². The molecule has 1 fully saturated rings. The predicted octanol–water partition coefficient (Wildman–Crippen LogP) is 0.104. The van der Waals surface area contributed by atoms with E-state index in [1.807, 2.05) is 0 Å². The van der Waals surface area contributed by atoms with Crippen molar-refractivity contribution in [1.82, 2.24) is 4.90 Å². The molecule has 0 aromatic carbocycles. The van der Waals surface area contributed by atoms with Gasteiger partial charge in [0.2, 0.25) is 0 Å². The van der Waals surface area contributed by atoms with Gasteiger partial charge in [-0.15, -0.1) is 0 Å². The molecule has 1 rings (SSSR count). The van der Waals surface area contributed by atoms with Gasteiger partial charge in [0.1, 0.15) is 0 Å². The van der Waals surface area contributed by atoms with Crippen molar-refractivity contribution in [1.29, 1.82) is 0 Å². The quantitative estimate of drug-likeness (QED) is 0.508. The Hall–Kier alpha value is -1.59. The van der Waals surface area contributed by atoms with Crippen LogP contribution in [0.25, 0.3) is 0 Å². The molecule has 1 amide bonds. The zero-order valence-corrected chi connectivity index (χ0v) is 10.1.